The Hall–Kier alpha value is -3.75. The first-order chi connectivity index (χ1) is 15.1. The van der Waals surface area contributed by atoms with E-state index in [0.717, 1.165) is 32.2 Å². The first-order valence-corrected chi connectivity index (χ1v) is 10.8. The van der Waals surface area contributed by atoms with Crippen molar-refractivity contribution in [2.24, 2.45) is 0 Å². The Bertz CT molecular complexity index is 1300. The summed E-state index contributed by atoms with van der Waals surface area (Å²) in [5.74, 6) is 0.978. The molecule has 1 aromatic heterocycles. The zero-order chi connectivity index (χ0) is 21.4. The standard InChI is InChI=1S/C26H18O4S/c27-18-10-13-22-23(15-18)31-26(21-4-2-1-3-20(21)17-8-9-17)25(22)30-19-11-5-16(6-12-19)7-14-24(28)29/h1-7,11-12,14-15,17,27H,8-9H2,(H,28,29)/b14-7+. The van der Waals surface area contributed by atoms with Crippen LogP contribution in [0.4, 0.5) is 0 Å². The summed E-state index contributed by atoms with van der Waals surface area (Å²) in [4.78, 5) is 11.7. The van der Waals surface area contributed by atoms with Crippen LogP contribution in [0.3, 0.4) is 0 Å². The van der Waals surface area contributed by atoms with E-state index >= 15 is 0 Å². The van der Waals surface area contributed by atoms with E-state index < -0.39 is 5.97 Å². The lowest BCUT2D eigenvalue weighted by Gasteiger charge is -2.11. The number of benzene rings is 2. The highest BCUT2D eigenvalue weighted by Gasteiger charge is 2.28. The summed E-state index contributed by atoms with van der Waals surface area (Å²) in [5, 5.41) is 19.5. The fourth-order valence-corrected chi connectivity index (χ4v) is 4.77. The molecule has 0 bridgehead atoms. The van der Waals surface area contributed by atoms with Crippen LogP contribution in [-0.4, -0.2) is 16.2 Å². The topological polar surface area (TPSA) is 66.8 Å². The maximum Gasteiger partial charge on any atom is 0.328 e. The van der Waals surface area contributed by atoms with Crippen molar-refractivity contribution in [2.75, 3.05) is 0 Å². The number of carboxylic acids is 1. The molecule has 0 radical (unpaired) electrons. The van der Waals surface area contributed by atoms with Crippen molar-refractivity contribution >= 4 is 33.5 Å². The van der Waals surface area contributed by atoms with Crippen molar-refractivity contribution in [1.29, 1.82) is 0 Å². The molecule has 5 heteroatoms. The number of carboxylic acid groups (broad SMARTS) is 1. The third-order valence-corrected chi connectivity index (χ3v) is 6.37. The Morgan fingerprint density at radius 3 is 2.61 bits per heavy atom. The van der Waals surface area contributed by atoms with Gasteiger partial charge in [0.25, 0.3) is 0 Å². The van der Waals surface area contributed by atoms with Crippen LogP contribution in [0.1, 0.15) is 29.9 Å². The minimum absolute atomic E-state index is 0.0527. The predicted octanol–water partition coefficient (Wildman–Crippen LogP) is 6.64. The maximum atomic E-state index is 10.7. The largest absolute Gasteiger partial charge is 0.501 e. The molecule has 2 N–H and O–H groups in total. The Labute approximate surface area is 183 Å². The Morgan fingerprint density at radius 2 is 1.87 bits per heavy atom. The van der Waals surface area contributed by atoms with Crippen LogP contribution < -0.4 is 4.74 Å². The summed E-state index contributed by atoms with van der Waals surface area (Å²) < 4.78 is 7.21. The predicted molar refractivity (Wildman–Crippen MR) is 122 cm³/mol. The van der Waals surface area contributed by atoms with Crippen LogP contribution in [0, 0.1) is 12.1 Å². The highest BCUT2D eigenvalue weighted by Crippen LogP contribution is 2.51. The van der Waals surface area contributed by atoms with Gasteiger partial charge >= 0.3 is 5.97 Å². The second-order valence-corrected chi connectivity index (χ2v) is 8.54. The van der Waals surface area contributed by atoms with Crippen LogP contribution in [0.5, 0.6) is 17.2 Å². The molecule has 1 heterocycles. The average molecular weight is 426 g/mol. The molecule has 0 atom stereocenters. The zero-order valence-corrected chi connectivity index (χ0v) is 17.3. The van der Waals surface area contributed by atoms with E-state index in [4.69, 9.17) is 9.84 Å². The van der Waals surface area contributed by atoms with Gasteiger partial charge in [0.05, 0.1) is 15.0 Å². The van der Waals surface area contributed by atoms with Crippen LogP contribution in [0.2, 0.25) is 0 Å². The SMILES string of the molecule is O=C(O)/C=C/c1ccc(Oc2c(-c3ccccc3C3CC3)sc3cc(O)c#cc23)cc1. The number of hydrogen-bond acceptors (Lipinski definition) is 4. The number of fused-ring (bicyclic) bond motifs is 1. The minimum Gasteiger partial charge on any atom is -0.501 e. The second-order valence-electron chi connectivity index (χ2n) is 7.48. The average Bonchev–Trinajstić information content (AvgIpc) is 3.56. The molecule has 1 aliphatic rings. The van der Waals surface area contributed by atoms with Gasteiger partial charge in [-0.1, -0.05) is 42.5 Å². The second kappa shape index (κ2) is 7.82. The summed E-state index contributed by atoms with van der Waals surface area (Å²) in [6, 6.07) is 23.1. The normalized spacial score (nSPS) is 13.4. The van der Waals surface area contributed by atoms with Crippen molar-refractivity contribution in [3.8, 4) is 27.7 Å². The number of rotatable bonds is 6. The third-order valence-electron chi connectivity index (χ3n) is 5.22. The monoisotopic (exact) mass is 426 g/mol. The Kier molecular flexibility index (Phi) is 4.85. The van der Waals surface area contributed by atoms with Gasteiger partial charge in [0, 0.05) is 12.1 Å². The van der Waals surface area contributed by atoms with Gasteiger partial charge in [-0.25, -0.2) is 4.79 Å². The number of aromatic hydroxyl groups is 1. The number of carbonyl (C=O) groups is 1. The minimum atomic E-state index is -0.987. The highest BCUT2D eigenvalue weighted by molar-refractivity contribution is 7.22. The van der Waals surface area contributed by atoms with Gasteiger partial charge in [0.15, 0.2) is 11.5 Å². The molecule has 4 aromatic rings. The Balaban J connectivity index is 1.58. The molecule has 152 valence electrons. The van der Waals surface area contributed by atoms with Crippen LogP contribution in [-0.2, 0) is 4.79 Å². The van der Waals surface area contributed by atoms with E-state index in [1.807, 2.05) is 30.3 Å². The lowest BCUT2D eigenvalue weighted by Crippen LogP contribution is -1.89. The molecule has 0 saturated heterocycles. The quantitative estimate of drug-likeness (QED) is 0.339. The zero-order valence-electron chi connectivity index (χ0n) is 16.5. The fraction of sp³-hybridized carbons (Fsp3) is 0.115. The molecular formula is C26H18O4S. The molecule has 0 unspecified atom stereocenters. The van der Waals surface area contributed by atoms with Crippen molar-refractivity contribution in [3.63, 3.8) is 0 Å². The molecule has 5 rings (SSSR count). The van der Waals surface area contributed by atoms with E-state index in [1.54, 1.807) is 17.4 Å². The number of aliphatic carboxylic acids is 1. The lowest BCUT2D eigenvalue weighted by molar-refractivity contribution is -0.131. The molecule has 4 nitrogen and oxygen atoms in total. The molecule has 0 spiro atoms. The molecule has 1 fully saturated rings. The van der Waals surface area contributed by atoms with E-state index in [0.29, 0.717) is 17.4 Å². The van der Waals surface area contributed by atoms with Crippen molar-refractivity contribution in [3.05, 3.63) is 83.9 Å². The van der Waals surface area contributed by atoms with Crippen molar-refractivity contribution in [2.45, 2.75) is 18.8 Å². The van der Waals surface area contributed by atoms with E-state index in [1.165, 1.54) is 24.5 Å². The van der Waals surface area contributed by atoms with Crippen molar-refractivity contribution in [1.82, 2.24) is 0 Å². The molecule has 1 saturated carbocycles. The first-order valence-electron chi connectivity index (χ1n) is 9.96. The van der Waals surface area contributed by atoms with E-state index in [9.17, 15) is 9.90 Å². The number of thiophene rings is 1. The van der Waals surface area contributed by atoms with Crippen molar-refractivity contribution < 1.29 is 19.7 Å². The van der Waals surface area contributed by atoms with Gasteiger partial charge in [0.1, 0.15) is 5.75 Å². The van der Waals surface area contributed by atoms with E-state index in [-0.39, 0.29) is 5.75 Å². The molecule has 1 aliphatic carbocycles. The van der Waals surface area contributed by atoms with E-state index in [2.05, 4.69) is 30.3 Å². The molecule has 31 heavy (non-hydrogen) atoms. The fourth-order valence-electron chi connectivity index (χ4n) is 3.60. The smallest absolute Gasteiger partial charge is 0.328 e. The molecule has 3 aromatic carbocycles. The van der Waals surface area contributed by atoms with Gasteiger partial charge in [0.2, 0.25) is 0 Å². The summed E-state index contributed by atoms with van der Waals surface area (Å²) in [7, 11) is 0. The number of ether oxygens (including phenoxy) is 1. The molecule has 0 aliphatic heterocycles. The van der Waals surface area contributed by atoms with Gasteiger partial charge in [-0.05, 0) is 59.7 Å². The number of hydrogen-bond donors (Lipinski definition) is 2. The summed E-state index contributed by atoms with van der Waals surface area (Å²) >= 11 is 1.57. The summed E-state index contributed by atoms with van der Waals surface area (Å²) in [5.41, 5.74) is 3.24. The molecule has 0 amide bonds. The van der Waals surface area contributed by atoms with Gasteiger partial charge in [-0.2, -0.15) is 0 Å². The first kappa shape index (κ1) is 19.2. The molecular weight excluding hydrogens is 408 g/mol. The van der Waals surface area contributed by atoms with Gasteiger partial charge < -0.3 is 14.9 Å². The Morgan fingerprint density at radius 1 is 1.10 bits per heavy atom. The summed E-state index contributed by atoms with van der Waals surface area (Å²) in [6.07, 6.45) is 5.04. The van der Waals surface area contributed by atoms with Gasteiger partial charge in [-0.15, -0.1) is 11.3 Å². The van der Waals surface area contributed by atoms with Crippen LogP contribution in [0.25, 0.3) is 26.6 Å². The van der Waals surface area contributed by atoms with Crippen LogP contribution >= 0.6 is 11.3 Å². The third kappa shape index (κ3) is 3.98. The van der Waals surface area contributed by atoms with Crippen LogP contribution in [0.15, 0.2) is 60.7 Å². The lowest BCUT2D eigenvalue weighted by atomic mass is 10.0. The summed E-state index contributed by atoms with van der Waals surface area (Å²) in [6.45, 7) is 0. The highest BCUT2D eigenvalue weighted by atomic mass is 32.1. The van der Waals surface area contributed by atoms with Gasteiger partial charge in [-0.3, -0.25) is 0 Å². The maximum absolute atomic E-state index is 10.7.